The minimum atomic E-state index is -0.342. The summed E-state index contributed by atoms with van der Waals surface area (Å²) in [7, 11) is 0. The molecule has 1 fully saturated rings. The predicted octanol–water partition coefficient (Wildman–Crippen LogP) is 3.63. The van der Waals surface area contributed by atoms with Crippen LogP contribution in [0.15, 0.2) is 28.8 Å². The Kier molecular flexibility index (Phi) is 4.69. The summed E-state index contributed by atoms with van der Waals surface area (Å²) in [5, 5.41) is 6.79. The number of amides is 1. The van der Waals surface area contributed by atoms with Crippen molar-refractivity contribution < 1.29 is 13.7 Å². The molecule has 1 amide bonds. The molecule has 0 bridgehead atoms. The van der Waals surface area contributed by atoms with E-state index in [-0.39, 0.29) is 17.8 Å². The van der Waals surface area contributed by atoms with Crippen molar-refractivity contribution in [3.63, 3.8) is 0 Å². The van der Waals surface area contributed by atoms with Crippen LogP contribution in [0.2, 0.25) is 0 Å². The number of carbonyl (C=O) groups excluding carboxylic acids is 1. The van der Waals surface area contributed by atoms with Crippen LogP contribution in [0.4, 0.5) is 4.39 Å². The van der Waals surface area contributed by atoms with Crippen LogP contribution in [-0.2, 0) is 4.79 Å². The van der Waals surface area contributed by atoms with Crippen LogP contribution in [0, 0.1) is 11.7 Å². The summed E-state index contributed by atoms with van der Waals surface area (Å²) >= 11 is 0. The second-order valence-corrected chi connectivity index (χ2v) is 6.11. The van der Waals surface area contributed by atoms with Crippen LogP contribution >= 0.6 is 0 Å². The molecule has 0 radical (unpaired) electrons. The summed E-state index contributed by atoms with van der Waals surface area (Å²) < 4.78 is 18.1. The van der Waals surface area contributed by atoms with Crippen molar-refractivity contribution in [2.45, 2.75) is 45.1 Å². The molecule has 5 nitrogen and oxygen atoms in total. The molecule has 1 N–H and O–H groups in total. The van der Waals surface area contributed by atoms with Crippen molar-refractivity contribution in [1.29, 1.82) is 0 Å². The highest BCUT2D eigenvalue weighted by Crippen LogP contribution is 2.27. The van der Waals surface area contributed by atoms with Crippen molar-refractivity contribution in [3.05, 3.63) is 36.0 Å². The molecular weight excluding hydrogens is 297 g/mol. The number of halogens is 1. The molecular formula is C17H20FN3O2. The Balaban J connectivity index is 1.60. The van der Waals surface area contributed by atoms with Crippen molar-refractivity contribution in [3.8, 4) is 11.4 Å². The monoisotopic (exact) mass is 317 g/mol. The third-order valence-corrected chi connectivity index (χ3v) is 4.24. The van der Waals surface area contributed by atoms with Gasteiger partial charge in [0.05, 0.1) is 0 Å². The SMILES string of the molecule is C[C@@H](NC(=O)CC1CCCC1)c1nc(-c2ccc(F)cc2)no1. The van der Waals surface area contributed by atoms with Gasteiger partial charge in [-0.25, -0.2) is 4.39 Å². The summed E-state index contributed by atoms with van der Waals surface area (Å²) in [6.07, 6.45) is 5.27. The van der Waals surface area contributed by atoms with Gasteiger partial charge in [-0.05, 0) is 49.9 Å². The first-order valence-electron chi connectivity index (χ1n) is 8.00. The molecule has 1 saturated carbocycles. The smallest absolute Gasteiger partial charge is 0.249 e. The Morgan fingerprint density at radius 2 is 2.04 bits per heavy atom. The fourth-order valence-electron chi connectivity index (χ4n) is 2.97. The number of hydrogen-bond donors (Lipinski definition) is 1. The Labute approximate surface area is 134 Å². The zero-order valence-corrected chi connectivity index (χ0v) is 13.1. The zero-order chi connectivity index (χ0) is 16.2. The van der Waals surface area contributed by atoms with Gasteiger partial charge in [-0.2, -0.15) is 4.98 Å². The first kappa shape index (κ1) is 15.6. The quantitative estimate of drug-likeness (QED) is 0.914. The number of aromatic nitrogens is 2. The third kappa shape index (κ3) is 3.94. The summed E-state index contributed by atoms with van der Waals surface area (Å²) in [6, 6.07) is 5.53. The molecule has 1 aromatic carbocycles. The summed E-state index contributed by atoms with van der Waals surface area (Å²) in [5.74, 6) is 0.941. The highest BCUT2D eigenvalue weighted by molar-refractivity contribution is 5.76. The molecule has 6 heteroatoms. The van der Waals surface area contributed by atoms with Crippen molar-refractivity contribution in [2.75, 3.05) is 0 Å². The van der Waals surface area contributed by atoms with Gasteiger partial charge in [-0.15, -0.1) is 0 Å². The molecule has 1 atom stereocenters. The lowest BCUT2D eigenvalue weighted by Gasteiger charge is -2.12. The minimum Gasteiger partial charge on any atom is -0.345 e. The standard InChI is InChI=1S/C17H20FN3O2/c1-11(19-15(22)10-12-4-2-3-5-12)17-20-16(21-23-17)13-6-8-14(18)9-7-13/h6-9,11-12H,2-5,10H2,1H3,(H,19,22)/t11-/m1/s1. The van der Waals surface area contributed by atoms with Gasteiger partial charge in [0.15, 0.2) is 0 Å². The lowest BCUT2D eigenvalue weighted by atomic mass is 10.0. The Morgan fingerprint density at radius 3 is 2.74 bits per heavy atom. The zero-order valence-electron chi connectivity index (χ0n) is 13.1. The molecule has 0 aliphatic heterocycles. The first-order chi connectivity index (χ1) is 11.1. The van der Waals surface area contributed by atoms with Gasteiger partial charge in [0.2, 0.25) is 17.6 Å². The third-order valence-electron chi connectivity index (χ3n) is 4.24. The van der Waals surface area contributed by atoms with Crippen LogP contribution in [0.25, 0.3) is 11.4 Å². The molecule has 1 heterocycles. The number of benzene rings is 1. The molecule has 1 aliphatic rings. The summed E-state index contributed by atoms with van der Waals surface area (Å²) in [6.45, 7) is 1.81. The second-order valence-electron chi connectivity index (χ2n) is 6.11. The molecule has 2 aromatic rings. The number of nitrogens with zero attached hydrogens (tertiary/aromatic N) is 2. The van der Waals surface area contributed by atoms with E-state index < -0.39 is 0 Å². The van der Waals surface area contributed by atoms with Gasteiger partial charge >= 0.3 is 0 Å². The highest BCUT2D eigenvalue weighted by atomic mass is 19.1. The van der Waals surface area contributed by atoms with E-state index >= 15 is 0 Å². The van der Waals surface area contributed by atoms with Gasteiger partial charge in [0, 0.05) is 12.0 Å². The molecule has 1 aromatic heterocycles. The lowest BCUT2D eigenvalue weighted by molar-refractivity contribution is -0.122. The number of carbonyl (C=O) groups is 1. The molecule has 0 unspecified atom stereocenters. The number of nitrogens with one attached hydrogen (secondary N) is 1. The lowest BCUT2D eigenvalue weighted by Crippen LogP contribution is -2.28. The molecule has 122 valence electrons. The average Bonchev–Trinajstić information content (AvgIpc) is 3.19. The van der Waals surface area contributed by atoms with Crippen LogP contribution < -0.4 is 5.32 Å². The second kappa shape index (κ2) is 6.89. The minimum absolute atomic E-state index is 0.0194. The Morgan fingerprint density at radius 1 is 1.35 bits per heavy atom. The van der Waals surface area contributed by atoms with E-state index in [0.717, 1.165) is 12.8 Å². The van der Waals surface area contributed by atoms with E-state index in [4.69, 9.17) is 4.52 Å². The average molecular weight is 317 g/mol. The maximum Gasteiger partial charge on any atom is 0.249 e. The Hall–Kier alpha value is -2.24. The summed E-state index contributed by atoms with van der Waals surface area (Å²) in [5.41, 5.74) is 0.672. The van der Waals surface area contributed by atoms with Crippen LogP contribution in [0.5, 0.6) is 0 Å². The maximum atomic E-state index is 12.9. The topological polar surface area (TPSA) is 68.0 Å². The Bertz CT molecular complexity index is 663. The van der Waals surface area contributed by atoms with Crippen molar-refractivity contribution in [2.24, 2.45) is 5.92 Å². The van der Waals surface area contributed by atoms with Crippen LogP contribution in [0.3, 0.4) is 0 Å². The van der Waals surface area contributed by atoms with Crippen molar-refractivity contribution >= 4 is 5.91 Å². The number of rotatable bonds is 5. The molecule has 0 saturated heterocycles. The molecule has 1 aliphatic carbocycles. The van der Waals surface area contributed by atoms with Gasteiger partial charge < -0.3 is 9.84 Å². The van der Waals surface area contributed by atoms with E-state index in [2.05, 4.69) is 15.5 Å². The molecule has 3 rings (SSSR count). The fraction of sp³-hybridized carbons (Fsp3) is 0.471. The van der Waals surface area contributed by atoms with E-state index in [1.165, 1.54) is 25.0 Å². The normalized spacial score (nSPS) is 16.4. The highest BCUT2D eigenvalue weighted by Gasteiger charge is 2.21. The first-order valence-corrected chi connectivity index (χ1v) is 8.00. The summed E-state index contributed by atoms with van der Waals surface area (Å²) in [4.78, 5) is 16.3. The maximum absolute atomic E-state index is 12.9. The van der Waals surface area contributed by atoms with Gasteiger partial charge in [0.1, 0.15) is 11.9 Å². The van der Waals surface area contributed by atoms with E-state index in [1.54, 1.807) is 12.1 Å². The van der Waals surface area contributed by atoms with E-state index in [1.807, 2.05) is 6.92 Å². The number of hydrogen-bond acceptors (Lipinski definition) is 4. The van der Waals surface area contributed by atoms with Crippen molar-refractivity contribution in [1.82, 2.24) is 15.5 Å². The molecule has 23 heavy (non-hydrogen) atoms. The predicted molar refractivity (Wildman–Crippen MR) is 82.8 cm³/mol. The van der Waals surface area contributed by atoms with E-state index in [9.17, 15) is 9.18 Å². The van der Waals surface area contributed by atoms with Gasteiger partial charge in [-0.3, -0.25) is 4.79 Å². The largest absolute Gasteiger partial charge is 0.345 e. The molecule has 0 spiro atoms. The van der Waals surface area contributed by atoms with Gasteiger partial charge in [-0.1, -0.05) is 18.0 Å². The van der Waals surface area contributed by atoms with Gasteiger partial charge in [0.25, 0.3) is 0 Å². The van der Waals surface area contributed by atoms with Crippen LogP contribution in [0.1, 0.15) is 51.0 Å². The van der Waals surface area contributed by atoms with Crippen LogP contribution in [-0.4, -0.2) is 16.0 Å². The fourth-order valence-corrected chi connectivity index (χ4v) is 2.97. The van der Waals surface area contributed by atoms with E-state index in [0.29, 0.717) is 29.6 Å².